The van der Waals surface area contributed by atoms with Crippen LogP contribution in [-0.4, -0.2) is 55.3 Å². The van der Waals surface area contributed by atoms with Gasteiger partial charge in [-0.3, -0.25) is 4.79 Å². The van der Waals surface area contributed by atoms with E-state index in [-0.39, 0.29) is 29.8 Å². The van der Waals surface area contributed by atoms with Gasteiger partial charge in [0.2, 0.25) is 15.9 Å². The van der Waals surface area contributed by atoms with Crippen molar-refractivity contribution in [2.75, 3.05) is 19.7 Å². The van der Waals surface area contributed by atoms with Crippen molar-refractivity contribution in [2.24, 2.45) is 11.8 Å². The van der Waals surface area contributed by atoms with Crippen LogP contribution >= 0.6 is 0 Å². The van der Waals surface area contributed by atoms with Crippen molar-refractivity contribution < 1.29 is 17.9 Å². The van der Waals surface area contributed by atoms with E-state index >= 15 is 0 Å². The summed E-state index contributed by atoms with van der Waals surface area (Å²) in [6.45, 7) is 3.82. The van der Waals surface area contributed by atoms with Crippen LogP contribution < -0.4 is 4.74 Å². The normalized spacial score (nSPS) is 31.9. The Morgan fingerprint density at radius 3 is 2.83 bits per heavy atom. The molecule has 2 bridgehead atoms. The van der Waals surface area contributed by atoms with Gasteiger partial charge in [-0.2, -0.15) is 4.31 Å². The van der Waals surface area contributed by atoms with Crippen molar-refractivity contribution in [3.8, 4) is 5.75 Å². The molecule has 1 aromatic rings. The van der Waals surface area contributed by atoms with Gasteiger partial charge in [0.1, 0.15) is 5.75 Å². The van der Waals surface area contributed by atoms with Crippen molar-refractivity contribution in [2.45, 2.75) is 68.8 Å². The van der Waals surface area contributed by atoms with Crippen LogP contribution in [0.3, 0.4) is 0 Å². The number of sulfonamides is 1. The fourth-order valence-corrected chi connectivity index (χ4v) is 7.67. The number of amides is 1. The van der Waals surface area contributed by atoms with E-state index in [2.05, 4.69) is 11.8 Å². The molecule has 1 amide bonds. The number of piperidine rings is 3. The largest absolute Gasteiger partial charge is 0.493 e. The molecule has 0 N–H and O–H groups in total. The van der Waals surface area contributed by atoms with Crippen LogP contribution in [0.25, 0.3) is 0 Å². The summed E-state index contributed by atoms with van der Waals surface area (Å²) in [5.74, 6) is 1.57. The molecular formula is C22H30N2O4S. The van der Waals surface area contributed by atoms with E-state index < -0.39 is 10.0 Å². The second-order valence-electron chi connectivity index (χ2n) is 9.06. The van der Waals surface area contributed by atoms with Crippen LogP contribution in [0, 0.1) is 11.8 Å². The molecule has 0 aliphatic carbocycles. The molecule has 1 aromatic carbocycles. The molecule has 158 valence electrons. The summed E-state index contributed by atoms with van der Waals surface area (Å²) >= 11 is 0. The molecule has 4 atom stereocenters. The zero-order valence-corrected chi connectivity index (χ0v) is 17.9. The average molecular weight is 419 g/mol. The fourth-order valence-electron chi connectivity index (χ4n) is 6.07. The highest BCUT2D eigenvalue weighted by atomic mass is 32.2. The molecule has 4 aliphatic heterocycles. The summed E-state index contributed by atoms with van der Waals surface area (Å²) in [7, 11) is -3.54. The number of carbonyl (C=O) groups excluding carboxylic acids is 1. The first-order valence-corrected chi connectivity index (χ1v) is 12.5. The minimum atomic E-state index is -3.54. The minimum absolute atomic E-state index is 0.181. The molecule has 0 spiro atoms. The highest BCUT2D eigenvalue weighted by molar-refractivity contribution is 7.89. The van der Waals surface area contributed by atoms with Gasteiger partial charge in [-0.1, -0.05) is 13.3 Å². The van der Waals surface area contributed by atoms with E-state index in [4.69, 9.17) is 4.74 Å². The van der Waals surface area contributed by atoms with Crippen LogP contribution in [-0.2, 0) is 21.2 Å². The monoisotopic (exact) mass is 418 g/mol. The lowest BCUT2D eigenvalue weighted by Crippen LogP contribution is -2.65. The number of hydrogen-bond donors (Lipinski definition) is 0. The molecule has 0 aromatic heterocycles. The molecule has 3 fully saturated rings. The molecule has 6 nitrogen and oxygen atoms in total. The highest BCUT2D eigenvalue weighted by Gasteiger charge is 2.50. The van der Waals surface area contributed by atoms with Gasteiger partial charge >= 0.3 is 0 Å². The Kier molecular flexibility index (Phi) is 4.86. The maximum Gasteiger partial charge on any atom is 0.243 e. The number of hydrogen-bond acceptors (Lipinski definition) is 4. The van der Waals surface area contributed by atoms with E-state index in [1.54, 1.807) is 22.5 Å². The van der Waals surface area contributed by atoms with Crippen molar-refractivity contribution in [3.05, 3.63) is 23.8 Å². The van der Waals surface area contributed by atoms with Gasteiger partial charge in [0, 0.05) is 38.0 Å². The Balaban J connectivity index is 1.45. The molecule has 29 heavy (non-hydrogen) atoms. The van der Waals surface area contributed by atoms with E-state index in [1.165, 1.54) is 0 Å². The summed E-state index contributed by atoms with van der Waals surface area (Å²) in [6.07, 6.45) is 6.37. The predicted octanol–water partition coefficient (Wildman–Crippen LogP) is 2.81. The second kappa shape index (κ2) is 7.27. The third kappa shape index (κ3) is 3.17. The van der Waals surface area contributed by atoms with Crippen LogP contribution in [0.15, 0.2) is 23.1 Å². The minimum Gasteiger partial charge on any atom is -0.493 e. The van der Waals surface area contributed by atoms with Gasteiger partial charge < -0.3 is 9.64 Å². The highest BCUT2D eigenvalue weighted by Crippen LogP contribution is 2.44. The van der Waals surface area contributed by atoms with Gasteiger partial charge in [-0.15, -0.1) is 0 Å². The molecule has 3 saturated heterocycles. The maximum atomic E-state index is 13.5. The summed E-state index contributed by atoms with van der Waals surface area (Å²) in [5.41, 5.74) is 0.983. The Hall–Kier alpha value is -1.60. The molecule has 4 aliphatic rings. The van der Waals surface area contributed by atoms with Crippen molar-refractivity contribution >= 4 is 15.9 Å². The van der Waals surface area contributed by atoms with Crippen LogP contribution in [0.1, 0.15) is 51.0 Å². The van der Waals surface area contributed by atoms with Crippen LogP contribution in [0.5, 0.6) is 5.75 Å². The molecule has 5 rings (SSSR count). The smallest absolute Gasteiger partial charge is 0.243 e. The summed E-state index contributed by atoms with van der Waals surface area (Å²) in [6, 6.07) is 5.66. The zero-order valence-electron chi connectivity index (χ0n) is 17.0. The summed E-state index contributed by atoms with van der Waals surface area (Å²) in [4.78, 5) is 15.3. The van der Waals surface area contributed by atoms with Crippen molar-refractivity contribution in [3.63, 3.8) is 0 Å². The predicted molar refractivity (Wildman–Crippen MR) is 109 cm³/mol. The van der Waals surface area contributed by atoms with E-state index in [0.717, 1.165) is 49.8 Å². The van der Waals surface area contributed by atoms with Gasteiger partial charge in [-0.05, 0) is 61.3 Å². The number of fused-ring (bicyclic) bond motifs is 5. The molecule has 0 unspecified atom stereocenters. The standard InChI is InChI=1S/C22H30N2O4S/c1-2-4-19-16-11-17(20-5-3-6-22(25)24(19)20)14-23(13-16)29(26,27)18-7-8-21-15(12-18)9-10-28-21/h7-8,12,16-17,19-20H,2-6,9-11,13-14H2,1H3/t16-,17+,19-,20-/m0/s1. The lowest BCUT2D eigenvalue weighted by atomic mass is 9.71. The van der Waals surface area contributed by atoms with E-state index in [1.807, 2.05) is 0 Å². The third-order valence-corrected chi connectivity index (χ3v) is 9.17. The lowest BCUT2D eigenvalue weighted by Gasteiger charge is -2.56. The van der Waals surface area contributed by atoms with Gasteiger partial charge in [0.25, 0.3) is 0 Å². The first-order valence-electron chi connectivity index (χ1n) is 11.1. The first kappa shape index (κ1) is 19.4. The van der Waals surface area contributed by atoms with Crippen molar-refractivity contribution in [1.82, 2.24) is 9.21 Å². The first-order chi connectivity index (χ1) is 14.0. The number of rotatable bonds is 4. The van der Waals surface area contributed by atoms with Gasteiger partial charge in [0.15, 0.2) is 0 Å². The van der Waals surface area contributed by atoms with Crippen molar-refractivity contribution in [1.29, 1.82) is 0 Å². The zero-order chi connectivity index (χ0) is 20.2. The average Bonchev–Trinajstić information content (AvgIpc) is 3.19. The number of ether oxygens (including phenoxy) is 1. The topological polar surface area (TPSA) is 66.9 Å². The van der Waals surface area contributed by atoms with Gasteiger partial charge in [0.05, 0.1) is 11.5 Å². The third-order valence-electron chi connectivity index (χ3n) is 7.35. The van der Waals surface area contributed by atoms with E-state index in [0.29, 0.717) is 31.0 Å². The molecule has 4 heterocycles. The Morgan fingerprint density at radius 1 is 1.17 bits per heavy atom. The molecule has 0 radical (unpaired) electrons. The lowest BCUT2D eigenvalue weighted by molar-refractivity contribution is -0.151. The Morgan fingerprint density at radius 2 is 2.00 bits per heavy atom. The second-order valence-corrected chi connectivity index (χ2v) is 11.0. The Bertz CT molecular complexity index is 915. The van der Waals surface area contributed by atoms with Crippen LogP contribution in [0.4, 0.5) is 0 Å². The van der Waals surface area contributed by atoms with Gasteiger partial charge in [-0.25, -0.2) is 8.42 Å². The van der Waals surface area contributed by atoms with Crippen LogP contribution in [0.2, 0.25) is 0 Å². The Labute approximate surface area is 173 Å². The quantitative estimate of drug-likeness (QED) is 0.754. The summed E-state index contributed by atoms with van der Waals surface area (Å²) in [5, 5.41) is 0. The van der Waals surface area contributed by atoms with E-state index in [9.17, 15) is 13.2 Å². The molecular weight excluding hydrogens is 388 g/mol. The SMILES string of the molecule is CCC[C@H]1[C@H]2C[C@H](CN(S(=O)(=O)c3ccc4c(c3)CCO4)C2)[C@@H]2CCCC(=O)N21. The fraction of sp³-hybridized carbons (Fsp3) is 0.682. The number of carbonyl (C=O) groups is 1. The maximum absolute atomic E-state index is 13.5. The molecule has 0 saturated carbocycles. The number of benzene rings is 1. The molecule has 7 heteroatoms. The number of nitrogens with zero attached hydrogens (tertiary/aromatic N) is 2. The summed E-state index contributed by atoms with van der Waals surface area (Å²) < 4.78 is 34.3.